The lowest BCUT2D eigenvalue weighted by Crippen LogP contribution is -2.50. The van der Waals surface area contributed by atoms with Gasteiger partial charge in [0.1, 0.15) is 12.6 Å². The number of allylic oxidation sites excluding steroid dienone is 2. The molecule has 0 radical (unpaired) electrons. The molecule has 0 fully saturated rings. The van der Waals surface area contributed by atoms with Crippen molar-refractivity contribution in [2.24, 2.45) is 11.8 Å². The number of aliphatic hydroxyl groups is 1. The Morgan fingerprint density at radius 2 is 1.50 bits per heavy atom. The van der Waals surface area contributed by atoms with Crippen LogP contribution in [0.2, 0.25) is 0 Å². The Morgan fingerprint density at radius 3 is 2.18 bits per heavy atom. The van der Waals surface area contributed by atoms with Crippen LogP contribution in [0.1, 0.15) is 31.7 Å². The molecule has 4 atom stereocenters. The van der Waals surface area contributed by atoms with E-state index >= 15 is 0 Å². The van der Waals surface area contributed by atoms with E-state index in [4.69, 9.17) is 4.74 Å². The predicted molar refractivity (Wildman–Crippen MR) is 172 cm³/mol. The molecule has 0 spiro atoms. The largest absolute Gasteiger partial charge is 0.463 e. The molecule has 9 heteroatoms. The van der Waals surface area contributed by atoms with Crippen molar-refractivity contribution in [1.82, 2.24) is 10.6 Å². The number of ether oxygens (including phenoxy) is 1. The predicted octanol–water partition coefficient (Wildman–Crippen LogP) is 4.32. The Hall–Kier alpha value is -4.76. The zero-order valence-electron chi connectivity index (χ0n) is 25.0. The van der Waals surface area contributed by atoms with Crippen LogP contribution in [0, 0.1) is 11.8 Å². The summed E-state index contributed by atoms with van der Waals surface area (Å²) in [7, 11) is 0. The average molecular weight is 600 g/mol. The van der Waals surface area contributed by atoms with Crippen molar-refractivity contribution >= 4 is 40.2 Å². The minimum Gasteiger partial charge on any atom is -0.463 e. The van der Waals surface area contributed by atoms with Crippen LogP contribution in [0.3, 0.4) is 0 Å². The summed E-state index contributed by atoms with van der Waals surface area (Å²) in [5.41, 5.74) is 1.46. The maximum Gasteiger partial charge on any atom is 0.309 e. The highest BCUT2D eigenvalue weighted by Crippen LogP contribution is 2.20. The number of rotatable bonds is 17. The van der Waals surface area contributed by atoms with E-state index in [0.29, 0.717) is 18.5 Å². The Balaban J connectivity index is 1.78. The van der Waals surface area contributed by atoms with Crippen molar-refractivity contribution < 1.29 is 29.0 Å². The Kier molecular flexibility index (Phi) is 13.3. The first-order valence-electron chi connectivity index (χ1n) is 14.7. The van der Waals surface area contributed by atoms with E-state index in [0.717, 1.165) is 16.3 Å². The molecule has 0 aliphatic heterocycles. The van der Waals surface area contributed by atoms with Crippen molar-refractivity contribution in [3.05, 3.63) is 104 Å². The van der Waals surface area contributed by atoms with Crippen LogP contribution in [0.5, 0.6) is 0 Å². The van der Waals surface area contributed by atoms with Crippen LogP contribution in [0.15, 0.2) is 98.1 Å². The van der Waals surface area contributed by atoms with E-state index in [2.05, 4.69) is 29.1 Å². The third-order valence-electron chi connectivity index (χ3n) is 7.09. The van der Waals surface area contributed by atoms with Gasteiger partial charge in [0.05, 0.1) is 18.4 Å². The van der Waals surface area contributed by atoms with E-state index in [1.165, 1.54) is 6.08 Å². The number of fused-ring (bicyclic) bond motifs is 1. The van der Waals surface area contributed by atoms with Gasteiger partial charge in [0.2, 0.25) is 11.8 Å². The van der Waals surface area contributed by atoms with Crippen LogP contribution >= 0.6 is 0 Å². The molecule has 3 rings (SSSR count). The number of carbonyl (C=O) groups excluding carboxylic acids is 4. The second kappa shape index (κ2) is 17.4. The first kappa shape index (κ1) is 33.7. The van der Waals surface area contributed by atoms with E-state index < -0.39 is 54.2 Å². The average Bonchev–Trinajstić information content (AvgIpc) is 3.02. The summed E-state index contributed by atoms with van der Waals surface area (Å²) in [4.78, 5) is 52.5. The smallest absolute Gasteiger partial charge is 0.309 e. The quantitative estimate of drug-likeness (QED) is 0.135. The number of amides is 3. The first-order valence-corrected chi connectivity index (χ1v) is 14.7. The van der Waals surface area contributed by atoms with Crippen molar-refractivity contribution in [3.8, 4) is 0 Å². The molecule has 0 aliphatic rings. The highest BCUT2D eigenvalue weighted by molar-refractivity contribution is 5.99. The molecule has 0 saturated heterocycles. The molecule has 0 saturated carbocycles. The van der Waals surface area contributed by atoms with Gasteiger partial charge < -0.3 is 25.8 Å². The lowest BCUT2D eigenvalue weighted by molar-refractivity contribution is -0.150. The summed E-state index contributed by atoms with van der Waals surface area (Å²) in [6.45, 7) is 8.42. The third kappa shape index (κ3) is 10.5. The Labute approximate surface area is 258 Å². The highest BCUT2D eigenvalue weighted by atomic mass is 16.5. The molecular formula is C35H41N3O6. The number of hydrogen-bond donors (Lipinski definition) is 4. The van der Waals surface area contributed by atoms with Gasteiger partial charge in [-0.3, -0.25) is 19.2 Å². The summed E-state index contributed by atoms with van der Waals surface area (Å²) < 4.78 is 5.62. The molecule has 44 heavy (non-hydrogen) atoms. The fourth-order valence-corrected chi connectivity index (χ4v) is 4.70. The number of carbonyl (C=O) groups is 4. The van der Waals surface area contributed by atoms with Crippen molar-refractivity contribution in [3.63, 3.8) is 0 Å². The number of nitrogens with one attached hydrogen (secondary N) is 3. The summed E-state index contributed by atoms with van der Waals surface area (Å²) in [5, 5.41) is 19.3. The fraction of sp³-hybridized carbons (Fsp3) is 0.314. The van der Waals surface area contributed by atoms with Crippen LogP contribution in [-0.4, -0.2) is 54.1 Å². The number of esters is 1. The molecule has 3 amide bonds. The second-order valence-corrected chi connectivity index (χ2v) is 10.7. The van der Waals surface area contributed by atoms with Gasteiger partial charge in [-0.25, -0.2) is 0 Å². The highest BCUT2D eigenvalue weighted by Gasteiger charge is 2.29. The summed E-state index contributed by atoms with van der Waals surface area (Å²) in [6, 6.07) is 20.9. The fourth-order valence-electron chi connectivity index (χ4n) is 4.70. The zero-order valence-corrected chi connectivity index (χ0v) is 25.0. The van der Waals surface area contributed by atoms with Gasteiger partial charge in [-0.1, -0.05) is 72.8 Å². The van der Waals surface area contributed by atoms with Gasteiger partial charge in [-0.05, 0) is 54.7 Å². The molecule has 4 N–H and O–H groups in total. The molecule has 0 aromatic heterocycles. The standard InChI is InChI=1S/C35H41N3O6/c1-4-11-28(21-32(40)36-24(3)22-39)33(41)38-31(34(42)37-30-18-17-26-15-9-10-16-27(26)20-30)23-44-35(43)29(12-5-2)19-25-13-7-6-8-14-25/h4-10,13-18,20,24,28-29,31,39H,1-2,11-12,19,21-23H2,3H3,(H,36,40)(H,37,42)(H,38,41)/t24-,28+,29-,31+/m1/s1. The minimum absolute atomic E-state index is 0.171. The number of benzene rings is 3. The molecule has 3 aromatic carbocycles. The molecule has 3 aromatic rings. The number of anilines is 1. The maximum atomic E-state index is 13.5. The molecule has 0 heterocycles. The maximum absolute atomic E-state index is 13.5. The molecule has 0 unspecified atom stereocenters. The molecule has 0 bridgehead atoms. The third-order valence-corrected chi connectivity index (χ3v) is 7.09. The Morgan fingerprint density at radius 1 is 0.841 bits per heavy atom. The molecule has 9 nitrogen and oxygen atoms in total. The lowest BCUT2D eigenvalue weighted by Gasteiger charge is -2.23. The van der Waals surface area contributed by atoms with E-state index in [-0.39, 0.29) is 19.4 Å². The van der Waals surface area contributed by atoms with Crippen LogP contribution in [0.4, 0.5) is 5.69 Å². The van der Waals surface area contributed by atoms with E-state index in [9.17, 15) is 24.3 Å². The minimum atomic E-state index is -1.24. The normalized spacial score (nSPS) is 13.5. The summed E-state index contributed by atoms with van der Waals surface area (Å²) >= 11 is 0. The van der Waals surface area contributed by atoms with Gasteiger partial charge in [0, 0.05) is 18.2 Å². The Bertz CT molecular complexity index is 1440. The molecule has 0 aliphatic carbocycles. The van der Waals surface area contributed by atoms with Gasteiger partial charge in [-0.15, -0.1) is 13.2 Å². The second-order valence-electron chi connectivity index (χ2n) is 10.7. The van der Waals surface area contributed by atoms with Crippen molar-refractivity contribution in [2.45, 2.75) is 44.7 Å². The van der Waals surface area contributed by atoms with Crippen molar-refractivity contribution in [1.29, 1.82) is 0 Å². The van der Waals surface area contributed by atoms with Crippen molar-refractivity contribution in [2.75, 3.05) is 18.5 Å². The monoisotopic (exact) mass is 599 g/mol. The summed E-state index contributed by atoms with van der Waals surface area (Å²) in [5.74, 6) is -3.46. The topological polar surface area (TPSA) is 134 Å². The van der Waals surface area contributed by atoms with Crippen LogP contribution in [0.25, 0.3) is 10.8 Å². The van der Waals surface area contributed by atoms with Gasteiger partial charge in [0.15, 0.2) is 0 Å². The van der Waals surface area contributed by atoms with Gasteiger partial charge >= 0.3 is 5.97 Å². The van der Waals surface area contributed by atoms with E-state index in [1.807, 2.05) is 66.7 Å². The van der Waals surface area contributed by atoms with Gasteiger partial charge in [-0.2, -0.15) is 0 Å². The molecule has 232 valence electrons. The molecular weight excluding hydrogens is 558 g/mol. The first-order chi connectivity index (χ1) is 21.2. The summed E-state index contributed by atoms with van der Waals surface area (Å²) in [6.07, 6.45) is 3.94. The lowest BCUT2D eigenvalue weighted by atomic mass is 9.96. The number of hydrogen-bond acceptors (Lipinski definition) is 6. The van der Waals surface area contributed by atoms with Crippen LogP contribution < -0.4 is 16.0 Å². The van der Waals surface area contributed by atoms with E-state index in [1.54, 1.807) is 19.1 Å². The van der Waals surface area contributed by atoms with Crippen LogP contribution in [-0.2, 0) is 30.3 Å². The number of aliphatic hydroxyl groups excluding tert-OH is 1. The SMILES string of the molecule is C=CC[C@@H](CC(=O)N[C@H](C)CO)C(=O)N[C@@H](COC(=O)[C@H](CC=C)Cc1ccccc1)C(=O)Nc1ccc2ccccc2c1. The zero-order chi connectivity index (χ0) is 31.9. The van der Waals surface area contributed by atoms with Gasteiger partial charge in [0.25, 0.3) is 5.91 Å².